The molecule has 0 bridgehead atoms. The number of ether oxygens (including phenoxy) is 2. The van der Waals surface area contributed by atoms with Crippen LogP contribution in [0.25, 0.3) is 0 Å². The van der Waals surface area contributed by atoms with E-state index in [0.717, 1.165) is 19.4 Å². The van der Waals surface area contributed by atoms with E-state index in [0.29, 0.717) is 18.3 Å². The van der Waals surface area contributed by atoms with E-state index >= 15 is 0 Å². The molecule has 0 aliphatic heterocycles. The molecule has 0 N–H and O–H groups in total. The monoisotopic (exact) mass is 172 g/mol. The molecule has 1 fully saturated rings. The maximum Gasteiger partial charge on any atom is 0.305 e. The van der Waals surface area contributed by atoms with E-state index < -0.39 is 0 Å². The predicted octanol–water partition coefficient (Wildman–Crippen LogP) is 1.22. The average Bonchev–Trinajstić information content (AvgIpc) is 2.00. The number of carbonyl (C=O) groups is 1. The lowest BCUT2D eigenvalue weighted by Gasteiger charge is -2.33. The minimum atomic E-state index is -0.0872. The Labute approximate surface area is 73.0 Å². The Kier molecular flexibility index (Phi) is 3.53. The van der Waals surface area contributed by atoms with Gasteiger partial charge in [-0.15, -0.1) is 0 Å². The second kappa shape index (κ2) is 4.45. The molecule has 0 heterocycles. The summed E-state index contributed by atoms with van der Waals surface area (Å²) >= 11 is 0. The molecule has 0 spiro atoms. The lowest BCUT2D eigenvalue weighted by atomic mass is 9.74. The highest BCUT2D eigenvalue weighted by Gasteiger charge is 2.30. The molecule has 0 saturated heterocycles. The third-order valence-electron chi connectivity index (χ3n) is 2.42. The van der Waals surface area contributed by atoms with Crippen LogP contribution in [0.2, 0.25) is 0 Å². The zero-order valence-corrected chi connectivity index (χ0v) is 7.71. The van der Waals surface area contributed by atoms with Crippen molar-refractivity contribution in [2.24, 2.45) is 11.8 Å². The van der Waals surface area contributed by atoms with Gasteiger partial charge >= 0.3 is 5.97 Å². The molecule has 0 aromatic heterocycles. The summed E-state index contributed by atoms with van der Waals surface area (Å²) in [5.41, 5.74) is 0. The molecule has 3 heteroatoms. The lowest BCUT2D eigenvalue weighted by molar-refractivity contribution is -0.143. The predicted molar refractivity (Wildman–Crippen MR) is 44.7 cm³/mol. The summed E-state index contributed by atoms with van der Waals surface area (Å²) in [6, 6.07) is 0. The minimum absolute atomic E-state index is 0.0872. The van der Waals surface area contributed by atoms with Gasteiger partial charge in [-0.1, -0.05) is 0 Å². The molecular weight excluding hydrogens is 156 g/mol. The molecule has 0 radical (unpaired) electrons. The van der Waals surface area contributed by atoms with E-state index in [-0.39, 0.29) is 5.97 Å². The Morgan fingerprint density at radius 2 is 2.00 bits per heavy atom. The zero-order chi connectivity index (χ0) is 8.97. The Morgan fingerprint density at radius 1 is 1.33 bits per heavy atom. The van der Waals surface area contributed by atoms with Crippen molar-refractivity contribution in [3.63, 3.8) is 0 Å². The summed E-state index contributed by atoms with van der Waals surface area (Å²) in [7, 11) is 3.15. The second-order valence-corrected chi connectivity index (χ2v) is 3.44. The molecule has 0 aromatic rings. The third kappa shape index (κ3) is 2.48. The smallest absolute Gasteiger partial charge is 0.305 e. The summed E-state index contributed by atoms with van der Waals surface area (Å²) in [6.07, 6.45) is 2.81. The molecule has 0 amide bonds. The SMILES string of the molecule is COC[C@H]1C[C@H](CC(=O)OC)C1. The molecule has 3 nitrogen and oxygen atoms in total. The Morgan fingerprint density at radius 3 is 2.50 bits per heavy atom. The maximum atomic E-state index is 10.8. The van der Waals surface area contributed by atoms with Crippen molar-refractivity contribution in [3.05, 3.63) is 0 Å². The van der Waals surface area contributed by atoms with E-state index in [2.05, 4.69) is 4.74 Å². The van der Waals surface area contributed by atoms with Gasteiger partial charge in [0.15, 0.2) is 0 Å². The molecule has 70 valence electrons. The second-order valence-electron chi connectivity index (χ2n) is 3.44. The highest BCUT2D eigenvalue weighted by atomic mass is 16.5. The maximum absolute atomic E-state index is 10.8. The summed E-state index contributed by atoms with van der Waals surface area (Å²) in [4.78, 5) is 10.8. The number of hydrogen-bond acceptors (Lipinski definition) is 3. The van der Waals surface area contributed by atoms with Crippen molar-refractivity contribution in [1.29, 1.82) is 0 Å². The highest BCUT2D eigenvalue weighted by molar-refractivity contribution is 5.69. The summed E-state index contributed by atoms with van der Waals surface area (Å²) in [5, 5.41) is 0. The average molecular weight is 172 g/mol. The van der Waals surface area contributed by atoms with Gasteiger partial charge in [-0.3, -0.25) is 4.79 Å². The van der Waals surface area contributed by atoms with Crippen LogP contribution in [0.3, 0.4) is 0 Å². The van der Waals surface area contributed by atoms with Crippen molar-refractivity contribution in [2.45, 2.75) is 19.3 Å². The Balaban J connectivity index is 2.05. The van der Waals surface area contributed by atoms with Crippen LogP contribution >= 0.6 is 0 Å². The summed E-state index contributed by atoms with van der Waals surface area (Å²) < 4.78 is 9.59. The van der Waals surface area contributed by atoms with Crippen LogP contribution in [0.15, 0.2) is 0 Å². The number of methoxy groups -OCH3 is 2. The van der Waals surface area contributed by atoms with Crippen LogP contribution in [-0.4, -0.2) is 26.8 Å². The van der Waals surface area contributed by atoms with Crippen LogP contribution in [0.1, 0.15) is 19.3 Å². The van der Waals surface area contributed by atoms with Gasteiger partial charge in [-0.05, 0) is 24.7 Å². The number of carbonyl (C=O) groups excluding carboxylic acids is 1. The van der Waals surface area contributed by atoms with Gasteiger partial charge in [0.05, 0.1) is 7.11 Å². The topological polar surface area (TPSA) is 35.5 Å². The zero-order valence-electron chi connectivity index (χ0n) is 7.71. The van der Waals surface area contributed by atoms with Crippen LogP contribution in [0.5, 0.6) is 0 Å². The fourth-order valence-electron chi connectivity index (χ4n) is 1.73. The lowest BCUT2D eigenvalue weighted by Crippen LogP contribution is -2.29. The first kappa shape index (κ1) is 9.52. The molecule has 1 aliphatic rings. The fourth-order valence-corrected chi connectivity index (χ4v) is 1.73. The number of esters is 1. The minimum Gasteiger partial charge on any atom is -0.469 e. The van der Waals surface area contributed by atoms with E-state index in [1.165, 1.54) is 7.11 Å². The molecule has 1 saturated carbocycles. The fraction of sp³-hybridized carbons (Fsp3) is 0.889. The molecule has 12 heavy (non-hydrogen) atoms. The molecule has 1 rings (SSSR count). The number of hydrogen-bond donors (Lipinski definition) is 0. The van der Waals surface area contributed by atoms with Crippen LogP contribution in [0.4, 0.5) is 0 Å². The quantitative estimate of drug-likeness (QED) is 0.598. The normalized spacial score (nSPS) is 27.8. The van der Waals surface area contributed by atoms with Crippen molar-refractivity contribution < 1.29 is 14.3 Å². The van der Waals surface area contributed by atoms with Crippen molar-refractivity contribution >= 4 is 5.97 Å². The van der Waals surface area contributed by atoms with E-state index in [1.54, 1.807) is 7.11 Å². The standard InChI is InChI=1S/C9H16O3/c1-11-6-8-3-7(4-8)5-9(10)12-2/h7-8H,3-6H2,1-2H3/t7-,8-. The first-order valence-corrected chi connectivity index (χ1v) is 4.32. The van der Waals surface area contributed by atoms with E-state index in [9.17, 15) is 4.79 Å². The van der Waals surface area contributed by atoms with Crippen LogP contribution in [0, 0.1) is 11.8 Å². The van der Waals surface area contributed by atoms with E-state index in [1.807, 2.05) is 0 Å². The largest absolute Gasteiger partial charge is 0.469 e. The number of rotatable bonds is 4. The molecule has 0 atom stereocenters. The van der Waals surface area contributed by atoms with Gasteiger partial charge in [0.1, 0.15) is 0 Å². The van der Waals surface area contributed by atoms with Gasteiger partial charge in [-0.25, -0.2) is 0 Å². The summed E-state index contributed by atoms with van der Waals surface area (Å²) in [5.74, 6) is 1.12. The van der Waals surface area contributed by atoms with Gasteiger partial charge in [0.2, 0.25) is 0 Å². The van der Waals surface area contributed by atoms with Crippen LogP contribution in [-0.2, 0) is 14.3 Å². The van der Waals surface area contributed by atoms with Gasteiger partial charge in [0.25, 0.3) is 0 Å². The molecule has 1 aliphatic carbocycles. The third-order valence-corrected chi connectivity index (χ3v) is 2.42. The molecular formula is C9H16O3. The van der Waals surface area contributed by atoms with Gasteiger partial charge < -0.3 is 9.47 Å². The van der Waals surface area contributed by atoms with Gasteiger partial charge in [0, 0.05) is 20.1 Å². The Hall–Kier alpha value is -0.570. The van der Waals surface area contributed by atoms with Crippen molar-refractivity contribution in [1.82, 2.24) is 0 Å². The summed E-state index contributed by atoms with van der Waals surface area (Å²) in [6.45, 7) is 0.831. The molecule has 0 unspecified atom stereocenters. The van der Waals surface area contributed by atoms with Crippen molar-refractivity contribution in [3.8, 4) is 0 Å². The highest BCUT2D eigenvalue weighted by Crippen LogP contribution is 2.36. The van der Waals surface area contributed by atoms with Crippen LogP contribution < -0.4 is 0 Å². The first-order chi connectivity index (χ1) is 5.76. The molecule has 0 aromatic carbocycles. The Bertz CT molecular complexity index is 150. The first-order valence-electron chi connectivity index (χ1n) is 4.32. The van der Waals surface area contributed by atoms with E-state index in [4.69, 9.17) is 4.74 Å². The van der Waals surface area contributed by atoms with Gasteiger partial charge in [-0.2, -0.15) is 0 Å². The van der Waals surface area contributed by atoms with Crippen molar-refractivity contribution in [2.75, 3.05) is 20.8 Å².